The van der Waals surface area contributed by atoms with Gasteiger partial charge in [-0.05, 0) is 38.8 Å². The van der Waals surface area contributed by atoms with E-state index in [9.17, 15) is 0 Å². The van der Waals surface area contributed by atoms with Crippen molar-refractivity contribution < 1.29 is 10.2 Å². The molecule has 0 aliphatic heterocycles. The number of nitrogens with one attached hydrogen (secondary N) is 1. The summed E-state index contributed by atoms with van der Waals surface area (Å²) in [6.07, 6.45) is 19.0. The Hall–Kier alpha value is -0.120. The normalized spacial score (nSPS) is 11.2. The monoisotopic (exact) mass is 315 g/mol. The van der Waals surface area contributed by atoms with Crippen LogP contribution in [0.4, 0.5) is 0 Å². The minimum Gasteiger partial charge on any atom is -0.396 e. The van der Waals surface area contributed by atoms with Gasteiger partial charge in [-0.1, -0.05) is 70.6 Å². The molecule has 0 bridgehead atoms. The van der Waals surface area contributed by atoms with Crippen LogP contribution in [0.25, 0.3) is 0 Å². The van der Waals surface area contributed by atoms with Crippen molar-refractivity contribution >= 4 is 0 Å². The highest BCUT2D eigenvalue weighted by atomic mass is 16.3. The lowest BCUT2D eigenvalue weighted by molar-refractivity contribution is 0.282. The number of aliphatic hydroxyl groups is 2. The van der Waals surface area contributed by atoms with Gasteiger partial charge in [0.15, 0.2) is 0 Å². The first kappa shape index (κ1) is 21.9. The molecule has 3 N–H and O–H groups in total. The fourth-order valence-electron chi connectivity index (χ4n) is 2.79. The molecule has 0 saturated heterocycles. The third-order valence-corrected chi connectivity index (χ3v) is 4.27. The maximum absolute atomic E-state index is 8.69. The molecule has 0 aromatic heterocycles. The van der Waals surface area contributed by atoms with Crippen LogP contribution in [-0.2, 0) is 0 Å². The summed E-state index contributed by atoms with van der Waals surface area (Å²) in [5.41, 5.74) is 0. The standard InChI is InChI=1S/C19H41NO2/c21-18-14-10-6-4-2-1-3-5-8-12-16-20-17-13-9-7-11-15-19-22/h20-22H,1-19H2. The van der Waals surface area contributed by atoms with E-state index in [1.165, 1.54) is 90.0 Å². The van der Waals surface area contributed by atoms with E-state index < -0.39 is 0 Å². The Morgan fingerprint density at radius 3 is 0.955 bits per heavy atom. The van der Waals surface area contributed by atoms with Crippen molar-refractivity contribution in [1.82, 2.24) is 5.32 Å². The number of hydrogen-bond donors (Lipinski definition) is 3. The molecule has 0 unspecified atom stereocenters. The Balaban J connectivity index is 2.91. The van der Waals surface area contributed by atoms with Crippen LogP contribution in [0, 0.1) is 0 Å². The highest BCUT2D eigenvalue weighted by molar-refractivity contribution is 4.52. The van der Waals surface area contributed by atoms with E-state index >= 15 is 0 Å². The van der Waals surface area contributed by atoms with Gasteiger partial charge < -0.3 is 15.5 Å². The zero-order valence-corrected chi connectivity index (χ0v) is 14.8. The highest BCUT2D eigenvalue weighted by Crippen LogP contribution is 2.10. The van der Waals surface area contributed by atoms with Crippen LogP contribution in [0.3, 0.4) is 0 Å². The second-order valence-corrected chi connectivity index (χ2v) is 6.50. The van der Waals surface area contributed by atoms with Gasteiger partial charge in [0.05, 0.1) is 0 Å². The number of rotatable bonds is 19. The third-order valence-electron chi connectivity index (χ3n) is 4.27. The van der Waals surface area contributed by atoms with Crippen LogP contribution in [0.1, 0.15) is 96.3 Å². The quantitative estimate of drug-likeness (QED) is 0.309. The molecular formula is C19H41NO2. The summed E-state index contributed by atoms with van der Waals surface area (Å²) < 4.78 is 0. The molecule has 0 aromatic carbocycles. The van der Waals surface area contributed by atoms with Crippen LogP contribution >= 0.6 is 0 Å². The summed E-state index contributed by atoms with van der Waals surface area (Å²) in [6.45, 7) is 3.05. The summed E-state index contributed by atoms with van der Waals surface area (Å²) >= 11 is 0. The van der Waals surface area contributed by atoms with E-state index in [4.69, 9.17) is 10.2 Å². The predicted molar refractivity (Wildman–Crippen MR) is 96.3 cm³/mol. The van der Waals surface area contributed by atoms with Crippen molar-refractivity contribution in [2.24, 2.45) is 0 Å². The van der Waals surface area contributed by atoms with E-state index in [0.29, 0.717) is 13.2 Å². The molecule has 134 valence electrons. The van der Waals surface area contributed by atoms with Crippen LogP contribution < -0.4 is 5.32 Å². The Bertz CT molecular complexity index is 168. The molecule has 0 rings (SSSR count). The van der Waals surface area contributed by atoms with Crippen molar-refractivity contribution in [3.63, 3.8) is 0 Å². The molecule has 22 heavy (non-hydrogen) atoms. The molecule has 0 aliphatic carbocycles. The topological polar surface area (TPSA) is 52.5 Å². The maximum Gasteiger partial charge on any atom is 0.0431 e. The molecular weight excluding hydrogens is 274 g/mol. The lowest BCUT2D eigenvalue weighted by Crippen LogP contribution is -2.16. The molecule has 0 heterocycles. The highest BCUT2D eigenvalue weighted by Gasteiger charge is 1.94. The SMILES string of the molecule is OCCCCCCCCCCCCNCCCCCCCO. The summed E-state index contributed by atoms with van der Waals surface area (Å²) in [5, 5.41) is 20.9. The smallest absolute Gasteiger partial charge is 0.0431 e. The van der Waals surface area contributed by atoms with E-state index in [2.05, 4.69) is 5.32 Å². The number of hydrogen-bond acceptors (Lipinski definition) is 3. The maximum atomic E-state index is 8.69. The van der Waals surface area contributed by atoms with E-state index in [0.717, 1.165) is 19.4 Å². The van der Waals surface area contributed by atoms with Gasteiger partial charge in [0.2, 0.25) is 0 Å². The minimum absolute atomic E-state index is 0.349. The van der Waals surface area contributed by atoms with Gasteiger partial charge in [-0.25, -0.2) is 0 Å². The van der Waals surface area contributed by atoms with Crippen molar-refractivity contribution in [3.8, 4) is 0 Å². The lowest BCUT2D eigenvalue weighted by atomic mass is 10.1. The average Bonchev–Trinajstić information content (AvgIpc) is 2.54. The van der Waals surface area contributed by atoms with Gasteiger partial charge in [-0.2, -0.15) is 0 Å². The van der Waals surface area contributed by atoms with Gasteiger partial charge >= 0.3 is 0 Å². The number of aliphatic hydroxyl groups excluding tert-OH is 2. The van der Waals surface area contributed by atoms with Gasteiger partial charge in [0.1, 0.15) is 0 Å². The molecule has 0 saturated carbocycles. The average molecular weight is 316 g/mol. The zero-order valence-electron chi connectivity index (χ0n) is 14.8. The first-order valence-corrected chi connectivity index (χ1v) is 9.84. The Morgan fingerprint density at radius 1 is 0.364 bits per heavy atom. The van der Waals surface area contributed by atoms with Crippen molar-refractivity contribution in [2.45, 2.75) is 96.3 Å². The summed E-state index contributed by atoms with van der Waals surface area (Å²) in [6, 6.07) is 0. The van der Waals surface area contributed by atoms with E-state index in [1.54, 1.807) is 0 Å². The van der Waals surface area contributed by atoms with Gasteiger partial charge in [0, 0.05) is 13.2 Å². The molecule has 3 nitrogen and oxygen atoms in total. The van der Waals surface area contributed by atoms with Crippen LogP contribution in [0.2, 0.25) is 0 Å². The van der Waals surface area contributed by atoms with E-state index in [1.807, 2.05) is 0 Å². The first-order chi connectivity index (χ1) is 10.9. The Kier molecular flexibility index (Phi) is 20.8. The summed E-state index contributed by atoms with van der Waals surface area (Å²) in [5.74, 6) is 0. The predicted octanol–water partition coefficient (Wildman–Crippen LogP) is 4.41. The lowest BCUT2D eigenvalue weighted by Gasteiger charge is -2.05. The van der Waals surface area contributed by atoms with Gasteiger partial charge in [0.25, 0.3) is 0 Å². The molecule has 0 spiro atoms. The summed E-state index contributed by atoms with van der Waals surface area (Å²) in [7, 11) is 0. The van der Waals surface area contributed by atoms with Gasteiger partial charge in [-0.15, -0.1) is 0 Å². The van der Waals surface area contributed by atoms with Crippen molar-refractivity contribution in [2.75, 3.05) is 26.3 Å². The second-order valence-electron chi connectivity index (χ2n) is 6.50. The van der Waals surface area contributed by atoms with Crippen molar-refractivity contribution in [1.29, 1.82) is 0 Å². The van der Waals surface area contributed by atoms with Crippen LogP contribution in [0.5, 0.6) is 0 Å². The zero-order chi connectivity index (χ0) is 16.1. The second kappa shape index (κ2) is 20.9. The molecule has 0 aromatic rings. The Labute approximate surface area is 138 Å². The first-order valence-electron chi connectivity index (χ1n) is 9.84. The fraction of sp³-hybridized carbons (Fsp3) is 1.00. The molecule has 0 aliphatic rings. The molecule has 0 fully saturated rings. The molecule has 0 amide bonds. The molecule has 3 heteroatoms. The van der Waals surface area contributed by atoms with E-state index in [-0.39, 0.29) is 0 Å². The molecule has 0 atom stereocenters. The Morgan fingerprint density at radius 2 is 0.636 bits per heavy atom. The van der Waals surface area contributed by atoms with Crippen LogP contribution in [-0.4, -0.2) is 36.5 Å². The van der Waals surface area contributed by atoms with Gasteiger partial charge in [-0.3, -0.25) is 0 Å². The summed E-state index contributed by atoms with van der Waals surface area (Å²) in [4.78, 5) is 0. The largest absolute Gasteiger partial charge is 0.396 e. The number of unbranched alkanes of at least 4 members (excludes halogenated alkanes) is 13. The fourth-order valence-corrected chi connectivity index (χ4v) is 2.79. The minimum atomic E-state index is 0.349. The van der Waals surface area contributed by atoms with Crippen molar-refractivity contribution in [3.05, 3.63) is 0 Å². The molecule has 0 radical (unpaired) electrons. The van der Waals surface area contributed by atoms with Crippen LogP contribution in [0.15, 0.2) is 0 Å². The third kappa shape index (κ3) is 19.9.